The van der Waals surface area contributed by atoms with Gasteiger partial charge in [0.25, 0.3) is 0 Å². The summed E-state index contributed by atoms with van der Waals surface area (Å²) in [5.41, 5.74) is 2.86. The van der Waals surface area contributed by atoms with Gasteiger partial charge in [0.15, 0.2) is 0 Å². The third-order valence-electron chi connectivity index (χ3n) is 5.23. The van der Waals surface area contributed by atoms with Gasteiger partial charge < -0.3 is 20.2 Å². The van der Waals surface area contributed by atoms with Crippen LogP contribution in [0.5, 0.6) is 0 Å². The number of nitrogens with zero attached hydrogens (tertiary/aromatic N) is 2. The number of hydrogen-bond acceptors (Lipinski definition) is 3. The van der Waals surface area contributed by atoms with E-state index in [0.717, 1.165) is 12.2 Å². The molecule has 2 amide bonds. The van der Waals surface area contributed by atoms with Gasteiger partial charge in [0, 0.05) is 30.9 Å². The summed E-state index contributed by atoms with van der Waals surface area (Å²) in [4.78, 5) is 16.6. The molecule has 2 aromatic rings. The molecule has 6 heteroatoms. The van der Waals surface area contributed by atoms with Gasteiger partial charge in [0.1, 0.15) is 5.82 Å². The number of carbonyl (C=O) groups excluding carboxylic acids is 1. The molecule has 2 aliphatic heterocycles. The van der Waals surface area contributed by atoms with Crippen LogP contribution in [0.25, 0.3) is 0 Å². The molecule has 2 heterocycles. The molecule has 0 spiro atoms. The smallest absolute Gasteiger partial charge is 0.322 e. The Morgan fingerprint density at radius 1 is 1.24 bits per heavy atom. The fourth-order valence-electron chi connectivity index (χ4n) is 4.08. The van der Waals surface area contributed by atoms with Gasteiger partial charge in [-0.05, 0) is 35.9 Å². The zero-order valence-electron chi connectivity index (χ0n) is 13.9. The number of nitrogens with one attached hydrogen (secondary N) is 1. The number of carbonyl (C=O) groups is 1. The van der Waals surface area contributed by atoms with Gasteiger partial charge >= 0.3 is 6.03 Å². The molecule has 2 N–H and O–H groups in total. The summed E-state index contributed by atoms with van der Waals surface area (Å²) in [5, 5.41) is 12.7. The number of likely N-dealkylation sites (tertiary alicyclic amines) is 1. The number of para-hydroxylation sites is 1. The summed E-state index contributed by atoms with van der Waals surface area (Å²) in [6, 6.07) is 13.3. The highest BCUT2D eigenvalue weighted by Crippen LogP contribution is 2.47. The second-order valence-corrected chi connectivity index (χ2v) is 6.63. The van der Waals surface area contributed by atoms with Crippen molar-refractivity contribution in [3.05, 3.63) is 59.9 Å². The Morgan fingerprint density at radius 3 is 2.68 bits per heavy atom. The molecular formula is C19H20FN3O2. The molecule has 0 bridgehead atoms. The van der Waals surface area contributed by atoms with E-state index in [9.17, 15) is 14.3 Å². The van der Waals surface area contributed by atoms with Crippen molar-refractivity contribution in [2.75, 3.05) is 30.4 Å². The summed E-state index contributed by atoms with van der Waals surface area (Å²) in [6.45, 7) is 0.630. The van der Waals surface area contributed by atoms with Crippen LogP contribution in [-0.2, 0) is 0 Å². The van der Waals surface area contributed by atoms with Gasteiger partial charge in [-0.3, -0.25) is 0 Å². The van der Waals surface area contributed by atoms with Crippen LogP contribution in [0.3, 0.4) is 0 Å². The van der Waals surface area contributed by atoms with Gasteiger partial charge in [-0.15, -0.1) is 0 Å². The zero-order chi connectivity index (χ0) is 17.6. The second-order valence-electron chi connectivity index (χ2n) is 6.63. The van der Waals surface area contributed by atoms with Crippen LogP contribution in [0.2, 0.25) is 0 Å². The maximum atomic E-state index is 13.0. The summed E-state index contributed by atoms with van der Waals surface area (Å²) < 4.78 is 13.0. The minimum Gasteiger partial charge on any atom is -0.394 e. The molecule has 2 aromatic carbocycles. The lowest BCUT2D eigenvalue weighted by Gasteiger charge is -2.58. The summed E-state index contributed by atoms with van der Waals surface area (Å²) >= 11 is 0. The highest BCUT2D eigenvalue weighted by molar-refractivity contribution is 5.91. The van der Waals surface area contributed by atoms with Crippen LogP contribution in [0.4, 0.5) is 20.6 Å². The van der Waals surface area contributed by atoms with E-state index in [4.69, 9.17) is 0 Å². The predicted molar refractivity (Wildman–Crippen MR) is 94.4 cm³/mol. The van der Waals surface area contributed by atoms with E-state index in [1.54, 1.807) is 4.90 Å². The van der Waals surface area contributed by atoms with Crippen molar-refractivity contribution in [3.8, 4) is 0 Å². The van der Waals surface area contributed by atoms with E-state index in [1.165, 1.54) is 29.8 Å². The highest BCUT2D eigenvalue weighted by Gasteiger charge is 2.54. The second kappa shape index (κ2) is 6.04. The zero-order valence-corrected chi connectivity index (χ0v) is 13.9. The Kier molecular flexibility index (Phi) is 3.84. The number of halogens is 1. The van der Waals surface area contributed by atoms with Crippen LogP contribution in [-0.4, -0.2) is 48.3 Å². The average Bonchev–Trinajstić information content (AvgIpc) is 2.60. The SMILES string of the molecule is CN1C[C@@H]2[C@H](c3ccccc31)[C@@H](CO)N2C(=O)Nc1ccc(F)cc1. The van der Waals surface area contributed by atoms with Gasteiger partial charge in [-0.25, -0.2) is 9.18 Å². The fraction of sp³-hybridized carbons (Fsp3) is 0.316. The van der Waals surface area contributed by atoms with Crippen LogP contribution >= 0.6 is 0 Å². The van der Waals surface area contributed by atoms with Crippen LogP contribution < -0.4 is 10.2 Å². The maximum Gasteiger partial charge on any atom is 0.322 e. The molecule has 2 aliphatic rings. The number of aliphatic hydroxyl groups excluding tert-OH is 1. The molecule has 0 aliphatic carbocycles. The largest absolute Gasteiger partial charge is 0.394 e. The summed E-state index contributed by atoms with van der Waals surface area (Å²) in [6.07, 6.45) is 0. The lowest BCUT2D eigenvalue weighted by molar-refractivity contribution is -0.00226. The molecule has 0 saturated carbocycles. The number of likely N-dealkylation sites (N-methyl/N-ethyl adjacent to an activating group) is 1. The Labute approximate surface area is 145 Å². The van der Waals surface area contributed by atoms with Crippen molar-refractivity contribution in [2.24, 2.45) is 0 Å². The number of anilines is 2. The monoisotopic (exact) mass is 341 g/mol. The van der Waals surface area contributed by atoms with Crippen molar-refractivity contribution in [2.45, 2.75) is 18.0 Å². The van der Waals surface area contributed by atoms with E-state index < -0.39 is 0 Å². The molecule has 1 fully saturated rings. The molecule has 1 saturated heterocycles. The fourth-order valence-corrected chi connectivity index (χ4v) is 4.08. The van der Waals surface area contributed by atoms with Gasteiger partial charge in [-0.1, -0.05) is 18.2 Å². The molecule has 4 rings (SSSR count). The Morgan fingerprint density at radius 2 is 1.96 bits per heavy atom. The Bertz CT molecular complexity index is 796. The number of benzene rings is 2. The Hall–Kier alpha value is -2.60. The Balaban J connectivity index is 1.58. The molecule has 5 nitrogen and oxygen atoms in total. The quantitative estimate of drug-likeness (QED) is 0.883. The van der Waals surface area contributed by atoms with Gasteiger partial charge in [0.2, 0.25) is 0 Å². The minimum absolute atomic E-state index is 0.0116. The van der Waals surface area contributed by atoms with E-state index in [0.29, 0.717) is 5.69 Å². The first-order chi connectivity index (χ1) is 12.1. The number of amides is 2. The molecule has 25 heavy (non-hydrogen) atoms. The van der Waals surface area contributed by atoms with Crippen molar-refractivity contribution >= 4 is 17.4 Å². The number of fused-ring (bicyclic) bond motifs is 3. The maximum absolute atomic E-state index is 13.0. The topological polar surface area (TPSA) is 55.8 Å². The summed E-state index contributed by atoms with van der Waals surface area (Å²) in [7, 11) is 2.01. The first-order valence-corrected chi connectivity index (χ1v) is 8.36. The normalized spacial score (nSPS) is 24.2. The van der Waals surface area contributed by atoms with Crippen molar-refractivity contribution in [3.63, 3.8) is 0 Å². The highest BCUT2D eigenvalue weighted by atomic mass is 19.1. The molecular weight excluding hydrogens is 321 g/mol. The van der Waals surface area contributed by atoms with E-state index in [-0.39, 0.29) is 36.5 Å². The van der Waals surface area contributed by atoms with Crippen LogP contribution in [0.1, 0.15) is 11.5 Å². The predicted octanol–water partition coefficient (Wildman–Crippen LogP) is 2.64. The molecule has 0 unspecified atom stereocenters. The van der Waals surface area contributed by atoms with Gasteiger partial charge in [0.05, 0.1) is 18.7 Å². The lowest BCUT2D eigenvalue weighted by Crippen LogP contribution is -2.70. The average molecular weight is 341 g/mol. The van der Waals surface area contributed by atoms with E-state index in [1.807, 2.05) is 19.2 Å². The van der Waals surface area contributed by atoms with Crippen molar-refractivity contribution in [1.29, 1.82) is 0 Å². The number of rotatable bonds is 2. The molecule has 0 radical (unpaired) electrons. The van der Waals surface area contributed by atoms with Crippen molar-refractivity contribution < 1.29 is 14.3 Å². The number of urea groups is 1. The summed E-state index contributed by atoms with van der Waals surface area (Å²) in [5.74, 6) is -0.211. The van der Waals surface area contributed by atoms with E-state index >= 15 is 0 Å². The number of aliphatic hydroxyl groups is 1. The third-order valence-corrected chi connectivity index (χ3v) is 5.23. The van der Waals surface area contributed by atoms with Crippen LogP contribution in [0.15, 0.2) is 48.5 Å². The molecule has 3 atom stereocenters. The van der Waals surface area contributed by atoms with Gasteiger partial charge in [-0.2, -0.15) is 0 Å². The third kappa shape index (κ3) is 2.53. The van der Waals surface area contributed by atoms with Crippen molar-refractivity contribution in [1.82, 2.24) is 4.90 Å². The molecule has 0 aromatic heterocycles. The number of hydrogen-bond donors (Lipinski definition) is 2. The standard InChI is InChI=1S/C19H20FN3O2/c1-22-10-16-18(14-4-2-3-5-15(14)22)17(11-24)23(16)19(25)21-13-8-6-12(20)7-9-13/h2-9,16-18,24H,10-11H2,1H3,(H,21,25)/t16-,17-,18+/m1/s1. The minimum atomic E-state index is -0.347. The first kappa shape index (κ1) is 15.9. The van der Waals surface area contributed by atoms with E-state index in [2.05, 4.69) is 22.3 Å². The first-order valence-electron chi connectivity index (χ1n) is 8.36. The lowest BCUT2D eigenvalue weighted by atomic mass is 9.72. The van der Waals surface area contributed by atoms with Crippen LogP contribution in [0, 0.1) is 5.82 Å². The molecule has 130 valence electrons.